The molecule has 106 valence electrons. The third kappa shape index (κ3) is 2.45. The second-order valence-corrected chi connectivity index (χ2v) is 4.76. The van der Waals surface area contributed by atoms with Crippen molar-refractivity contribution in [1.29, 1.82) is 0 Å². The molecule has 0 heterocycles. The van der Waals surface area contributed by atoms with Gasteiger partial charge < -0.3 is 5.11 Å². The first-order valence-electron chi connectivity index (χ1n) is 5.95. The van der Waals surface area contributed by atoms with Crippen LogP contribution in [0.15, 0.2) is 24.3 Å². The number of rotatable bonds is 2. The Morgan fingerprint density at radius 1 is 1.11 bits per heavy atom. The number of alkyl halides is 5. The van der Waals surface area contributed by atoms with E-state index in [1.165, 1.54) is 6.07 Å². The molecule has 19 heavy (non-hydrogen) atoms. The molecule has 2 unspecified atom stereocenters. The first-order chi connectivity index (χ1) is 8.75. The van der Waals surface area contributed by atoms with Crippen molar-refractivity contribution in [2.75, 3.05) is 0 Å². The largest absolute Gasteiger partial charge is 0.456 e. The molecule has 0 radical (unpaired) electrons. The zero-order valence-corrected chi connectivity index (χ0v) is 9.92. The average Bonchev–Trinajstić information content (AvgIpc) is 2.36. The highest BCUT2D eigenvalue weighted by Gasteiger charge is 2.64. The van der Waals surface area contributed by atoms with Gasteiger partial charge in [0.25, 0.3) is 0 Å². The summed E-state index contributed by atoms with van der Waals surface area (Å²) in [5, 5.41) is 9.51. The Morgan fingerprint density at radius 2 is 1.74 bits per heavy atom. The lowest BCUT2D eigenvalue weighted by Gasteiger charge is -2.34. The Morgan fingerprint density at radius 3 is 2.37 bits per heavy atom. The number of aliphatic hydroxyl groups excluding tert-OH is 1. The van der Waals surface area contributed by atoms with E-state index in [0.717, 1.165) is 5.56 Å². The maximum atomic E-state index is 13.2. The molecule has 0 bridgehead atoms. The molecule has 2 atom stereocenters. The van der Waals surface area contributed by atoms with Gasteiger partial charge in [-0.05, 0) is 30.4 Å². The molecule has 1 nitrogen and oxygen atoms in total. The van der Waals surface area contributed by atoms with E-state index in [-0.39, 0.29) is 6.42 Å². The van der Waals surface area contributed by atoms with E-state index in [1.807, 2.05) is 0 Å². The average molecular weight is 280 g/mol. The Kier molecular flexibility index (Phi) is 3.55. The number of halogens is 5. The highest BCUT2D eigenvalue weighted by molar-refractivity contribution is 5.34. The van der Waals surface area contributed by atoms with Crippen molar-refractivity contribution in [3.8, 4) is 0 Å². The van der Waals surface area contributed by atoms with Crippen LogP contribution in [0.1, 0.15) is 29.9 Å². The summed E-state index contributed by atoms with van der Waals surface area (Å²) >= 11 is 0. The fraction of sp³-hybridized carbons (Fsp3) is 0.538. The minimum Gasteiger partial charge on any atom is -0.386 e. The number of aryl methyl sites for hydroxylation is 1. The molecule has 0 saturated heterocycles. The first kappa shape index (κ1) is 14.2. The number of fused-ring (bicyclic) bond motifs is 1. The highest BCUT2D eigenvalue weighted by atomic mass is 19.4. The number of aliphatic hydroxyl groups is 1. The van der Waals surface area contributed by atoms with Crippen LogP contribution in [-0.2, 0) is 6.42 Å². The van der Waals surface area contributed by atoms with E-state index < -0.39 is 24.1 Å². The Balaban J connectivity index is 2.34. The molecule has 0 amide bonds. The van der Waals surface area contributed by atoms with E-state index in [9.17, 15) is 27.1 Å². The van der Waals surface area contributed by atoms with Crippen LogP contribution in [0.25, 0.3) is 0 Å². The monoisotopic (exact) mass is 280 g/mol. The molecule has 1 aromatic carbocycles. The lowest BCUT2D eigenvalue weighted by atomic mass is 9.78. The van der Waals surface area contributed by atoms with Gasteiger partial charge in [0.2, 0.25) is 0 Å². The predicted octanol–water partition coefficient (Wildman–Crippen LogP) is 3.67. The highest BCUT2D eigenvalue weighted by Crippen LogP contribution is 2.45. The van der Waals surface area contributed by atoms with Crippen LogP contribution in [0.5, 0.6) is 0 Å². The van der Waals surface area contributed by atoms with Gasteiger partial charge in [-0.15, -0.1) is 0 Å². The number of hydrogen-bond donors (Lipinski definition) is 1. The summed E-state index contributed by atoms with van der Waals surface area (Å²) < 4.78 is 63.4. The van der Waals surface area contributed by atoms with Gasteiger partial charge in [-0.25, -0.2) is 0 Å². The lowest BCUT2D eigenvalue weighted by Crippen LogP contribution is -2.50. The quantitative estimate of drug-likeness (QED) is 0.820. The summed E-state index contributed by atoms with van der Waals surface area (Å²) in [5.41, 5.74) is 1.13. The lowest BCUT2D eigenvalue weighted by molar-refractivity contribution is -0.316. The van der Waals surface area contributed by atoms with E-state index in [4.69, 9.17) is 0 Å². The summed E-state index contributed by atoms with van der Waals surface area (Å²) in [5.74, 6) is -6.27. The maximum Gasteiger partial charge on any atom is 0.456 e. The molecular weight excluding hydrogens is 267 g/mol. The molecule has 0 fully saturated rings. The SMILES string of the molecule is OC(C1CCCc2ccccc21)C(F)(F)C(F)(F)F. The minimum atomic E-state index is -5.74. The Hall–Kier alpha value is -1.17. The summed E-state index contributed by atoms with van der Waals surface area (Å²) in [7, 11) is 0. The van der Waals surface area contributed by atoms with Crippen LogP contribution < -0.4 is 0 Å². The smallest absolute Gasteiger partial charge is 0.386 e. The van der Waals surface area contributed by atoms with Gasteiger partial charge in [0, 0.05) is 5.92 Å². The summed E-state index contributed by atoms with van der Waals surface area (Å²) in [6.07, 6.45) is -7.22. The fourth-order valence-corrected chi connectivity index (χ4v) is 2.54. The van der Waals surface area contributed by atoms with E-state index >= 15 is 0 Å². The van der Waals surface area contributed by atoms with Crippen LogP contribution in [0.3, 0.4) is 0 Å². The van der Waals surface area contributed by atoms with Crippen molar-refractivity contribution in [3.63, 3.8) is 0 Å². The van der Waals surface area contributed by atoms with Crippen molar-refractivity contribution in [2.24, 2.45) is 0 Å². The van der Waals surface area contributed by atoms with Crippen molar-refractivity contribution in [3.05, 3.63) is 35.4 Å². The second-order valence-electron chi connectivity index (χ2n) is 4.76. The van der Waals surface area contributed by atoms with Crippen molar-refractivity contribution in [1.82, 2.24) is 0 Å². The van der Waals surface area contributed by atoms with Gasteiger partial charge in [0.1, 0.15) is 6.10 Å². The number of hydrogen-bond acceptors (Lipinski definition) is 1. The normalized spacial score (nSPS) is 21.9. The zero-order valence-electron chi connectivity index (χ0n) is 9.92. The topological polar surface area (TPSA) is 20.2 Å². The third-order valence-electron chi connectivity index (χ3n) is 3.55. The van der Waals surface area contributed by atoms with Gasteiger partial charge in [0.15, 0.2) is 0 Å². The molecule has 1 N–H and O–H groups in total. The first-order valence-corrected chi connectivity index (χ1v) is 5.95. The predicted molar refractivity (Wildman–Crippen MR) is 59.1 cm³/mol. The number of benzene rings is 1. The molecule has 0 spiro atoms. The van der Waals surface area contributed by atoms with Crippen molar-refractivity contribution < 1.29 is 27.1 Å². The molecular formula is C13H13F5O. The maximum absolute atomic E-state index is 13.2. The van der Waals surface area contributed by atoms with Gasteiger partial charge >= 0.3 is 12.1 Å². The third-order valence-corrected chi connectivity index (χ3v) is 3.55. The van der Waals surface area contributed by atoms with Crippen molar-refractivity contribution in [2.45, 2.75) is 43.4 Å². The minimum absolute atomic E-state index is 0.129. The van der Waals surface area contributed by atoms with Crippen LogP contribution in [0, 0.1) is 0 Å². The molecule has 1 aromatic rings. The molecule has 2 rings (SSSR count). The molecule has 6 heteroatoms. The molecule has 0 aromatic heterocycles. The zero-order chi connectivity index (χ0) is 14.3. The standard InChI is InChI=1S/C13H13F5O/c14-12(15,13(16,17)18)11(19)10-7-3-5-8-4-1-2-6-9(8)10/h1-2,4,6,10-11,19H,3,5,7H2. The summed E-state index contributed by atoms with van der Waals surface area (Å²) in [4.78, 5) is 0. The van der Waals surface area contributed by atoms with E-state index in [0.29, 0.717) is 18.4 Å². The van der Waals surface area contributed by atoms with Crippen LogP contribution in [0.4, 0.5) is 22.0 Å². The summed E-state index contributed by atoms with van der Waals surface area (Å²) in [6.45, 7) is 0. The molecule has 1 aliphatic carbocycles. The Bertz CT molecular complexity index is 455. The Labute approximate surface area is 107 Å². The fourth-order valence-electron chi connectivity index (χ4n) is 2.54. The van der Waals surface area contributed by atoms with Crippen LogP contribution in [-0.4, -0.2) is 23.3 Å². The van der Waals surface area contributed by atoms with Crippen LogP contribution in [0.2, 0.25) is 0 Å². The second kappa shape index (κ2) is 4.74. The van der Waals surface area contributed by atoms with E-state index in [1.54, 1.807) is 18.2 Å². The summed E-state index contributed by atoms with van der Waals surface area (Å²) in [6, 6.07) is 6.49. The van der Waals surface area contributed by atoms with Gasteiger partial charge in [-0.3, -0.25) is 0 Å². The molecule has 0 saturated carbocycles. The van der Waals surface area contributed by atoms with E-state index in [2.05, 4.69) is 0 Å². The van der Waals surface area contributed by atoms with Crippen molar-refractivity contribution >= 4 is 0 Å². The van der Waals surface area contributed by atoms with Gasteiger partial charge in [0.05, 0.1) is 0 Å². The van der Waals surface area contributed by atoms with Gasteiger partial charge in [-0.2, -0.15) is 22.0 Å². The molecule has 0 aliphatic heterocycles. The molecule has 1 aliphatic rings. The van der Waals surface area contributed by atoms with Crippen LogP contribution >= 0.6 is 0 Å². The van der Waals surface area contributed by atoms with Gasteiger partial charge in [-0.1, -0.05) is 24.3 Å².